The number of hydrogen-bond donors (Lipinski definition) is 0. The molecule has 0 N–H and O–H groups in total. The minimum atomic E-state index is -0.574. The maximum atomic E-state index is 13.5. The van der Waals surface area contributed by atoms with Gasteiger partial charge in [0.05, 0.1) is 9.80 Å². The molecule has 0 radical (unpaired) electrons. The molecule has 10 heteroatoms. The monoisotopic (exact) mass is 498 g/mol. The lowest BCUT2D eigenvalue weighted by molar-refractivity contribution is -0.424. The Bertz CT molecular complexity index is 1140. The van der Waals surface area contributed by atoms with Gasteiger partial charge in [-0.2, -0.15) is 0 Å². The zero-order chi connectivity index (χ0) is 24.5. The summed E-state index contributed by atoms with van der Waals surface area (Å²) in [5, 5.41) is 14.1. The number of nitrogens with zero attached hydrogens (tertiary/aromatic N) is 4. The number of rotatable bonds is 5. The molecule has 1 aromatic heterocycles. The van der Waals surface area contributed by atoms with Gasteiger partial charge in [-0.25, -0.2) is 4.39 Å². The molecule has 1 saturated carbocycles. The zero-order valence-corrected chi connectivity index (χ0v) is 20.1. The molecular weight excluding hydrogens is 471 g/mol. The average Bonchev–Trinajstić information content (AvgIpc) is 3.41. The number of amides is 2. The SMILES string of the molecule is O=C(c1cccs1)N1CCN(C2=C([N+](=O)[O-])C(=O)N(Cc3ccc(F)cc3)C3CCCCC23)CC1. The van der Waals surface area contributed by atoms with E-state index in [1.807, 2.05) is 16.3 Å². The molecule has 35 heavy (non-hydrogen) atoms. The number of halogens is 1. The third-order valence-corrected chi connectivity index (χ3v) is 8.13. The number of thiophene rings is 1. The third kappa shape index (κ3) is 4.54. The number of nitro groups is 1. The zero-order valence-electron chi connectivity index (χ0n) is 19.3. The predicted molar refractivity (Wildman–Crippen MR) is 129 cm³/mol. The molecule has 0 bridgehead atoms. The Morgan fingerprint density at radius 1 is 1.09 bits per heavy atom. The van der Waals surface area contributed by atoms with Gasteiger partial charge in [0.2, 0.25) is 0 Å². The van der Waals surface area contributed by atoms with Crippen molar-refractivity contribution in [1.82, 2.24) is 14.7 Å². The van der Waals surface area contributed by atoms with Crippen LogP contribution < -0.4 is 0 Å². The summed E-state index contributed by atoms with van der Waals surface area (Å²) in [7, 11) is 0. The van der Waals surface area contributed by atoms with Crippen LogP contribution in [0.1, 0.15) is 40.9 Å². The standard InChI is InChI=1S/C25H27FN4O4S/c26-18-9-7-17(8-10-18)16-29-20-5-2-1-4-19(20)22(23(25(29)32)30(33)34)27-11-13-28(14-12-27)24(31)21-6-3-15-35-21/h3,6-10,15,19-20H,1-2,4-5,11-14,16H2. The maximum Gasteiger partial charge on any atom is 0.352 e. The van der Waals surface area contributed by atoms with Crippen LogP contribution in [0.4, 0.5) is 4.39 Å². The van der Waals surface area contributed by atoms with Crippen molar-refractivity contribution >= 4 is 23.2 Å². The van der Waals surface area contributed by atoms with Gasteiger partial charge in [0.15, 0.2) is 0 Å². The minimum absolute atomic E-state index is 0.0242. The Balaban J connectivity index is 1.42. The van der Waals surface area contributed by atoms with Crippen molar-refractivity contribution < 1.29 is 18.9 Å². The fourth-order valence-corrected chi connectivity index (χ4v) is 6.30. The summed E-state index contributed by atoms with van der Waals surface area (Å²) in [4.78, 5) is 44.0. The molecule has 3 heterocycles. The number of fused-ring (bicyclic) bond motifs is 1. The molecule has 0 spiro atoms. The predicted octanol–water partition coefficient (Wildman–Crippen LogP) is 3.73. The Hall–Kier alpha value is -3.27. The second-order valence-electron chi connectivity index (χ2n) is 9.27. The molecule has 1 aliphatic carbocycles. The second-order valence-corrected chi connectivity index (χ2v) is 10.2. The molecule has 184 valence electrons. The van der Waals surface area contributed by atoms with Gasteiger partial charge >= 0.3 is 11.6 Å². The van der Waals surface area contributed by atoms with Gasteiger partial charge in [0, 0.05) is 44.7 Å². The molecule has 2 aliphatic heterocycles. The number of carbonyl (C=O) groups excluding carboxylic acids is 2. The first-order chi connectivity index (χ1) is 16.9. The second kappa shape index (κ2) is 9.77. The van der Waals surface area contributed by atoms with Crippen molar-refractivity contribution in [3.63, 3.8) is 0 Å². The topological polar surface area (TPSA) is 87.0 Å². The lowest BCUT2D eigenvalue weighted by Gasteiger charge is -2.47. The van der Waals surface area contributed by atoms with Crippen molar-refractivity contribution in [3.8, 4) is 0 Å². The largest absolute Gasteiger partial charge is 0.365 e. The van der Waals surface area contributed by atoms with Crippen LogP contribution >= 0.6 is 11.3 Å². The summed E-state index contributed by atoms with van der Waals surface area (Å²) in [5.74, 6) is -1.08. The van der Waals surface area contributed by atoms with Crippen molar-refractivity contribution in [2.45, 2.75) is 38.3 Å². The summed E-state index contributed by atoms with van der Waals surface area (Å²) in [6, 6.07) is 9.44. The number of benzene rings is 1. The van der Waals surface area contributed by atoms with Crippen LogP contribution in [0.5, 0.6) is 0 Å². The minimum Gasteiger partial charge on any atom is -0.365 e. The third-order valence-electron chi connectivity index (χ3n) is 7.28. The molecule has 5 rings (SSSR count). The Morgan fingerprint density at radius 3 is 2.46 bits per heavy atom. The molecule has 2 fully saturated rings. The molecule has 8 nitrogen and oxygen atoms in total. The average molecular weight is 499 g/mol. The lowest BCUT2D eigenvalue weighted by atomic mass is 9.77. The summed E-state index contributed by atoms with van der Waals surface area (Å²) >= 11 is 1.40. The van der Waals surface area contributed by atoms with Crippen molar-refractivity contribution in [1.29, 1.82) is 0 Å². The molecule has 2 atom stereocenters. The molecule has 1 aromatic carbocycles. The summed E-state index contributed by atoms with van der Waals surface area (Å²) in [6.45, 7) is 2.04. The van der Waals surface area contributed by atoms with Crippen molar-refractivity contribution in [3.05, 3.63) is 79.5 Å². The van der Waals surface area contributed by atoms with E-state index in [2.05, 4.69) is 0 Å². The number of carbonyl (C=O) groups is 2. The smallest absolute Gasteiger partial charge is 0.352 e. The van der Waals surface area contributed by atoms with Crippen LogP contribution in [0.2, 0.25) is 0 Å². The first kappa shape index (κ1) is 23.5. The molecule has 2 unspecified atom stereocenters. The number of hydrogen-bond acceptors (Lipinski definition) is 6. The fourth-order valence-electron chi connectivity index (χ4n) is 5.61. The van der Waals surface area contributed by atoms with E-state index < -0.39 is 10.8 Å². The van der Waals surface area contributed by atoms with Gasteiger partial charge in [-0.05, 0) is 42.0 Å². The van der Waals surface area contributed by atoms with Crippen LogP contribution in [-0.4, -0.2) is 63.7 Å². The van der Waals surface area contributed by atoms with Crippen LogP contribution in [-0.2, 0) is 11.3 Å². The van der Waals surface area contributed by atoms with Gasteiger partial charge in [-0.1, -0.05) is 31.0 Å². The molecule has 1 saturated heterocycles. The molecule has 2 aromatic rings. The van der Waals surface area contributed by atoms with E-state index >= 15 is 0 Å². The van der Waals surface area contributed by atoms with E-state index in [0.29, 0.717) is 36.8 Å². The van der Waals surface area contributed by atoms with E-state index in [4.69, 9.17) is 0 Å². The van der Waals surface area contributed by atoms with Gasteiger partial charge < -0.3 is 14.7 Å². The van der Waals surface area contributed by atoms with Crippen molar-refractivity contribution in [2.75, 3.05) is 26.2 Å². The van der Waals surface area contributed by atoms with E-state index in [1.54, 1.807) is 28.0 Å². The van der Waals surface area contributed by atoms with E-state index in [1.165, 1.54) is 23.5 Å². The lowest BCUT2D eigenvalue weighted by Crippen LogP contribution is -2.57. The first-order valence-electron chi connectivity index (χ1n) is 12.0. The quantitative estimate of drug-likeness (QED) is 0.463. The highest BCUT2D eigenvalue weighted by Crippen LogP contribution is 2.42. The highest BCUT2D eigenvalue weighted by molar-refractivity contribution is 7.12. The van der Waals surface area contributed by atoms with Crippen LogP contribution in [0.3, 0.4) is 0 Å². The molecule has 2 amide bonds. The van der Waals surface area contributed by atoms with E-state index in [0.717, 1.165) is 31.2 Å². The van der Waals surface area contributed by atoms with E-state index in [-0.39, 0.29) is 35.9 Å². The Kier molecular flexibility index (Phi) is 6.55. The van der Waals surface area contributed by atoms with Crippen LogP contribution in [0.25, 0.3) is 0 Å². The maximum absolute atomic E-state index is 13.5. The summed E-state index contributed by atoms with van der Waals surface area (Å²) in [6.07, 6.45) is 3.46. The molecular formula is C25H27FN4O4S. The van der Waals surface area contributed by atoms with Crippen molar-refractivity contribution in [2.24, 2.45) is 5.92 Å². The Labute approximate surface area is 206 Å². The van der Waals surface area contributed by atoms with Gasteiger partial charge in [-0.15, -0.1) is 11.3 Å². The Morgan fingerprint density at radius 2 is 1.80 bits per heavy atom. The van der Waals surface area contributed by atoms with Crippen LogP contribution in [0.15, 0.2) is 53.2 Å². The normalized spacial score (nSPS) is 22.9. The van der Waals surface area contributed by atoms with Gasteiger partial charge in [0.1, 0.15) is 11.5 Å². The van der Waals surface area contributed by atoms with Crippen LogP contribution in [0, 0.1) is 21.8 Å². The fraction of sp³-hybridized carbons (Fsp3) is 0.440. The van der Waals surface area contributed by atoms with Gasteiger partial charge in [0.25, 0.3) is 5.91 Å². The number of piperazine rings is 1. The first-order valence-corrected chi connectivity index (χ1v) is 12.8. The van der Waals surface area contributed by atoms with E-state index in [9.17, 15) is 24.1 Å². The highest BCUT2D eigenvalue weighted by Gasteiger charge is 2.50. The molecule has 3 aliphatic rings. The van der Waals surface area contributed by atoms with Gasteiger partial charge in [-0.3, -0.25) is 19.7 Å². The summed E-state index contributed by atoms with van der Waals surface area (Å²) < 4.78 is 13.4. The highest BCUT2D eigenvalue weighted by atomic mass is 32.1. The summed E-state index contributed by atoms with van der Waals surface area (Å²) in [5.41, 5.74) is 0.924.